The monoisotopic (exact) mass is 286 g/mol. The number of piperidine rings is 1. The second-order valence-corrected chi connectivity index (χ2v) is 6.36. The molecule has 112 valence electrons. The lowest BCUT2D eigenvalue weighted by Gasteiger charge is -2.36. The fourth-order valence-electron chi connectivity index (χ4n) is 2.93. The molecule has 0 aliphatic carbocycles. The van der Waals surface area contributed by atoms with E-state index in [0.29, 0.717) is 13.1 Å². The van der Waals surface area contributed by atoms with Crippen molar-refractivity contribution in [2.75, 3.05) is 13.1 Å². The van der Waals surface area contributed by atoms with E-state index in [1.165, 1.54) is 5.56 Å². The van der Waals surface area contributed by atoms with Crippen LogP contribution < -0.4 is 0 Å². The minimum atomic E-state index is -0.585. The zero-order valence-corrected chi connectivity index (χ0v) is 12.7. The SMILES string of the molecule is Cc1ccc(-c2cc(CN3CCCC(C)(O)C3)on2)cc1. The van der Waals surface area contributed by atoms with Crippen LogP contribution in [-0.2, 0) is 6.54 Å². The van der Waals surface area contributed by atoms with Crippen molar-refractivity contribution >= 4 is 0 Å². The van der Waals surface area contributed by atoms with Crippen LogP contribution in [0.3, 0.4) is 0 Å². The Balaban J connectivity index is 1.69. The van der Waals surface area contributed by atoms with Crippen LogP contribution in [0.2, 0.25) is 0 Å². The summed E-state index contributed by atoms with van der Waals surface area (Å²) in [5.41, 5.74) is 2.59. The minimum absolute atomic E-state index is 0.585. The molecule has 4 nitrogen and oxygen atoms in total. The topological polar surface area (TPSA) is 49.5 Å². The molecule has 1 fully saturated rings. The van der Waals surface area contributed by atoms with Crippen LogP contribution >= 0.6 is 0 Å². The predicted molar refractivity (Wildman–Crippen MR) is 81.8 cm³/mol. The molecule has 0 bridgehead atoms. The molecular weight excluding hydrogens is 264 g/mol. The average Bonchev–Trinajstić information content (AvgIpc) is 2.87. The second kappa shape index (κ2) is 5.62. The van der Waals surface area contributed by atoms with E-state index in [1.807, 2.05) is 13.0 Å². The maximum atomic E-state index is 10.1. The van der Waals surface area contributed by atoms with Gasteiger partial charge in [0.25, 0.3) is 0 Å². The summed E-state index contributed by atoms with van der Waals surface area (Å²) in [6.45, 7) is 6.36. The summed E-state index contributed by atoms with van der Waals surface area (Å²) in [5, 5.41) is 14.3. The van der Waals surface area contributed by atoms with Crippen molar-refractivity contribution in [3.05, 3.63) is 41.7 Å². The number of rotatable bonds is 3. The molecule has 0 amide bonds. The fraction of sp³-hybridized carbons (Fsp3) is 0.471. The number of hydrogen-bond donors (Lipinski definition) is 1. The van der Waals surface area contributed by atoms with Crippen LogP contribution in [0.25, 0.3) is 11.3 Å². The van der Waals surface area contributed by atoms with Crippen LogP contribution in [0.5, 0.6) is 0 Å². The molecular formula is C17H22N2O2. The molecule has 2 aromatic rings. The van der Waals surface area contributed by atoms with Crippen molar-refractivity contribution in [2.24, 2.45) is 0 Å². The van der Waals surface area contributed by atoms with Gasteiger partial charge in [-0.05, 0) is 33.2 Å². The van der Waals surface area contributed by atoms with Gasteiger partial charge >= 0.3 is 0 Å². The van der Waals surface area contributed by atoms with Crippen LogP contribution in [0, 0.1) is 6.92 Å². The molecule has 3 rings (SSSR count). The number of nitrogens with zero attached hydrogens (tertiary/aromatic N) is 2. The van der Waals surface area contributed by atoms with Gasteiger partial charge < -0.3 is 9.63 Å². The first-order chi connectivity index (χ1) is 10.0. The molecule has 21 heavy (non-hydrogen) atoms. The zero-order valence-electron chi connectivity index (χ0n) is 12.7. The molecule has 1 aliphatic heterocycles. The molecule has 1 unspecified atom stereocenters. The molecule has 1 atom stereocenters. The van der Waals surface area contributed by atoms with Gasteiger partial charge in [-0.25, -0.2) is 0 Å². The fourth-order valence-corrected chi connectivity index (χ4v) is 2.93. The number of benzene rings is 1. The molecule has 1 aromatic carbocycles. The zero-order chi connectivity index (χ0) is 14.9. The van der Waals surface area contributed by atoms with Gasteiger partial charge in [0.15, 0.2) is 5.76 Å². The highest BCUT2D eigenvalue weighted by Gasteiger charge is 2.28. The van der Waals surface area contributed by atoms with Crippen LogP contribution in [-0.4, -0.2) is 33.9 Å². The van der Waals surface area contributed by atoms with Gasteiger partial charge in [0.1, 0.15) is 5.69 Å². The Morgan fingerprint density at radius 2 is 2.10 bits per heavy atom. The van der Waals surface area contributed by atoms with Crippen LogP contribution in [0.15, 0.2) is 34.9 Å². The molecule has 1 aliphatic rings. The van der Waals surface area contributed by atoms with E-state index in [4.69, 9.17) is 4.52 Å². The molecule has 0 radical (unpaired) electrons. The van der Waals surface area contributed by atoms with Gasteiger partial charge in [-0.15, -0.1) is 0 Å². The number of β-amino-alcohol motifs (C(OH)–C–C–N with tert-alkyl or cyclic N) is 1. The standard InChI is InChI=1S/C17H22N2O2/c1-13-4-6-14(7-5-13)16-10-15(21-18-16)11-19-9-3-8-17(2,20)12-19/h4-7,10,20H,3,8-9,11-12H2,1-2H3. The normalized spacial score (nSPS) is 23.4. The van der Waals surface area contributed by atoms with E-state index in [0.717, 1.165) is 36.4 Å². The number of aliphatic hydroxyl groups is 1. The summed E-state index contributed by atoms with van der Waals surface area (Å²) in [5.74, 6) is 0.850. The van der Waals surface area contributed by atoms with Crippen molar-refractivity contribution in [2.45, 2.75) is 38.8 Å². The van der Waals surface area contributed by atoms with Crippen molar-refractivity contribution in [3.63, 3.8) is 0 Å². The first-order valence-corrected chi connectivity index (χ1v) is 7.49. The largest absolute Gasteiger partial charge is 0.389 e. The summed E-state index contributed by atoms with van der Waals surface area (Å²) in [6, 6.07) is 10.3. The molecule has 1 aromatic heterocycles. The van der Waals surface area contributed by atoms with E-state index in [1.54, 1.807) is 0 Å². The lowest BCUT2D eigenvalue weighted by atomic mass is 9.95. The lowest BCUT2D eigenvalue weighted by molar-refractivity contribution is -0.0202. The van der Waals surface area contributed by atoms with E-state index in [9.17, 15) is 5.11 Å². The predicted octanol–water partition coefficient (Wildman–Crippen LogP) is 3.00. The highest BCUT2D eigenvalue weighted by molar-refractivity contribution is 5.59. The summed E-state index contributed by atoms with van der Waals surface area (Å²) >= 11 is 0. The summed E-state index contributed by atoms with van der Waals surface area (Å²) < 4.78 is 5.45. The Bertz CT molecular complexity index is 602. The van der Waals surface area contributed by atoms with E-state index >= 15 is 0 Å². The number of aromatic nitrogens is 1. The Labute approximate surface area is 125 Å². The first-order valence-electron chi connectivity index (χ1n) is 7.49. The van der Waals surface area contributed by atoms with Crippen LogP contribution in [0.4, 0.5) is 0 Å². The third kappa shape index (κ3) is 3.52. The van der Waals surface area contributed by atoms with Crippen molar-refractivity contribution in [3.8, 4) is 11.3 Å². The minimum Gasteiger partial charge on any atom is -0.389 e. The maximum Gasteiger partial charge on any atom is 0.151 e. The van der Waals surface area contributed by atoms with Crippen molar-refractivity contribution < 1.29 is 9.63 Å². The Kier molecular flexibility index (Phi) is 3.83. The number of likely N-dealkylation sites (tertiary alicyclic amines) is 1. The first kappa shape index (κ1) is 14.3. The molecule has 0 spiro atoms. The smallest absolute Gasteiger partial charge is 0.151 e. The lowest BCUT2D eigenvalue weighted by Crippen LogP contribution is -2.45. The van der Waals surface area contributed by atoms with Gasteiger partial charge in [0, 0.05) is 18.2 Å². The van der Waals surface area contributed by atoms with Gasteiger partial charge in [0.2, 0.25) is 0 Å². The second-order valence-electron chi connectivity index (χ2n) is 6.36. The average molecular weight is 286 g/mol. The number of aryl methyl sites for hydroxylation is 1. The number of hydrogen-bond acceptors (Lipinski definition) is 4. The van der Waals surface area contributed by atoms with Gasteiger partial charge in [-0.3, -0.25) is 4.90 Å². The summed E-state index contributed by atoms with van der Waals surface area (Å²) in [7, 11) is 0. The van der Waals surface area contributed by atoms with E-state index in [2.05, 4.69) is 41.2 Å². The molecule has 2 heterocycles. The third-order valence-corrected chi connectivity index (χ3v) is 4.04. The molecule has 1 saturated heterocycles. The summed E-state index contributed by atoms with van der Waals surface area (Å²) in [4.78, 5) is 2.23. The molecule has 4 heteroatoms. The quantitative estimate of drug-likeness (QED) is 0.942. The van der Waals surface area contributed by atoms with Gasteiger partial charge in [-0.1, -0.05) is 35.0 Å². The Hall–Kier alpha value is -1.65. The Morgan fingerprint density at radius 1 is 1.33 bits per heavy atom. The van der Waals surface area contributed by atoms with Crippen molar-refractivity contribution in [1.29, 1.82) is 0 Å². The highest BCUT2D eigenvalue weighted by Crippen LogP contribution is 2.24. The van der Waals surface area contributed by atoms with E-state index in [-0.39, 0.29) is 0 Å². The van der Waals surface area contributed by atoms with Gasteiger partial charge in [0.05, 0.1) is 12.1 Å². The summed E-state index contributed by atoms with van der Waals surface area (Å²) in [6.07, 6.45) is 1.89. The highest BCUT2D eigenvalue weighted by atomic mass is 16.5. The van der Waals surface area contributed by atoms with Crippen LogP contribution in [0.1, 0.15) is 31.1 Å². The van der Waals surface area contributed by atoms with Crippen molar-refractivity contribution in [1.82, 2.24) is 10.1 Å². The molecule has 0 saturated carbocycles. The third-order valence-electron chi connectivity index (χ3n) is 4.04. The van der Waals surface area contributed by atoms with E-state index < -0.39 is 5.60 Å². The van der Waals surface area contributed by atoms with Gasteiger partial charge in [-0.2, -0.15) is 0 Å². The molecule has 1 N–H and O–H groups in total. The Morgan fingerprint density at radius 3 is 2.81 bits per heavy atom. The maximum absolute atomic E-state index is 10.1.